The summed E-state index contributed by atoms with van der Waals surface area (Å²) in [6.45, 7) is 3.70. The van der Waals surface area contributed by atoms with Crippen LogP contribution in [-0.2, 0) is 32.7 Å². The Morgan fingerprint density at radius 3 is 0.838 bits per heavy atom. The summed E-state index contributed by atoms with van der Waals surface area (Å²) in [5, 5.41) is 0. The molecule has 0 aromatic heterocycles. The number of rotatable bonds is 82. The van der Waals surface area contributed by atoms with Crippen molar-refractivity contribution in [2.24, 2.45) is 5.73 Å². The van der Waals surface area contributed by atoms with Gasteiger partial charge >= 0.3 is 19.8 Å². The zero-order valence-corrected chi connectivity index (χ0v) is 66.4. The van der Waals surface area contributed by atoms with Crippen LogP contribution in [0.4, 0.5) is 0 Å². The molecule has 3 N–H and O–H groups in total. The van der Waals surface area contributed by atoms with Crippen molar-refractivity contribution in [1.82, 2.24) is 0 Å². The molecule has 0 bridgehead atoms. The summed E-state index contributed by atoms with van der Waals surface area (Å²) in [4.78, 5) is 35.5. The van der Waals surface area contributed by atoms with E-state index in [4.69, 9.17) is 24.3 Å². The van der Waals surface area contributed by atoms with Gasteiger partial charge in [-0.3, -0.25) is 18.6 Å². The van der Waals surface area contributed by atoms with Crippen molar-refractivity contribution in [2.75, 3.05) is 26.4 Å². The fraction of sp³-hybridized carbons (Fsp3) is 0.820. The molecule has 99 heavy (non-hydrogen) atoms. The number of nitrogens with two attached hydrogens (primary N) is 1. The van der Waals surface area contributed by atoms with Crippen LogP contribution in [-0.4, -0.2) is 49.3 Å². The lowest BCUT2D eigenvalue weighted by Gasteiger charge is -2.19. The summed E-state index contributed by atoms with van der Waals surface area (Å²) in [5.41, 5.74) is 5.42. The molecule has 0 amide bonds. The van der Waals surface area contributed by atoms with Crippen LogP contribution in [0, 0.1) is 0 Å². The summed E-state index contributed by atoms with van der Waals surface area (Å²) in [5.74, 6) is -0.804. The van der Waals surface area contributed by atoms with Crippen molar-refractivity contribution in [2.45, 2.75) is 444 Å². The Hall–Kier alpha value is -2.81. The Labute approximate surface area is 614 Å². The van der Waals surface area contributed by atoms with Crippen LogP contribution >= 0.6 is 7.82 Å². The monoisotopic (exact) mass is 1410 g/mol. The van der Waals surface area contributed by atoms with Crippen molar-refractivity contribution in [1.29, 1.82) is 0 Å². The second-order valence-corrected chi connectivity index (χ2v) is 30.5. The highest BCUT2D eigenvalue weighted by Crippen LogP contribution is 2.43. The number of hydrogen-bond donors (Lipinski definition) is 2. The number of ether oxygens (including phenoxy) is 2. The number of unbranched alkanes of at least 4 members (excludes halogenated alkanes) is 55. The molecule has 0 aromatic carbocycles. The van der Waals surface area contributed by atoms with Gasteiger partial charge < -0.3 is 20.1 Å². The van der Waals surface area contributed by atoms with Gasteiger partial charge in [-0.05, 0) is 89.9 Å². The molecule has 0 aromatic rings. The summed E-state index contributed by atoms with van der Waals surface area (Å²) in [7, 11) is -4.40. The third-order valence-corrected chi connectivity index (χ3v) is 20.2. The first-order valence-corrected chi connectivity index (χ1v) is 44.6. The Kier molecular flexibility index (Phi) is 81.7. The van der Waals surface area contributed by atoms with Crippen molar-refractivity contribution in [3.8, 4) is 0 Å². The van der Waals surface area contributed by atoms with Crippen LogP contribution in [0.2, 0.25) is 0 Å². The lowest BCUT2D eigenvalue weighted by atomic mass is 10.0. The third kappa shape index (κ3) is 84.0. The molecule has 10 heteroatoms. The molecule has 578 valence electrons. The van der Waals surface area contributed by atoms with E-state index in [-0.39, 0.29) is 38.6 Å². The normalized spacial score (nSPS) is 13.2. The Balaban J connectivity index is 3.74. The molecular weight excluding hydrogens is 1240 g/mol. The minimum Gasteiger partial charge on any atom is -0.462 e. The Morgan fingerprint density at radius 1 is 0.313 bits per heavy atom. The van der Waals surface area contributed by atoms with E-state index < -0.39 is 26.5 Å². The minimum atomic E-state index is -4.40. The summed E-state index contributed by atoms with van der Waals surface area (Å²) in [6.07, 6.45) is 115. The molecule has 9 nitrogen and oxygen atoms in total. The van der Waals surface area contributed by atoms with Gasteiger partial charge in [0, 0.05) is 19.4 Å². The largest absolute Gasteiger partial charge is 0.472 e. The molecule has 0 aliphatic carbocycles. The number of phosphoric acid groups is 1. The molecule has 0 aliphatic heterocycles. The van der Waals surface area contributed by atoms with Crippen LogP contribution in [0.15, 0.2) is 85.1 Å². The van der Waals surface area contributed by atoms with Crippen LogP contribution in [0.5, 0.6) is 0 Å². The third-order valence-electron chi connectivity index (χ3n) is 19.3. The molecule has 0 spiro atoms. The Bertz CT molecular complexity index is 1910. The topological polar surface area (TPSA) is 134 Å². The zero-order chi connectivity index (χ0) is 71.5. The highest BCUT2D eigenvalue weighted by Gasteiger charge is 2.26. The maximum absolute atomic E-state index is 12.8. The van der Waals surface area contributed by atoms with E-state index in [9.17, 15) is 19.0 Å². The maximum atomic E-state index is 12.8. The highest BCUT2D eigenvalue weighted by atomic mass is 31.2. The van der Waals surface area contributed by atoms with E-state index in [0.29, 0.717) is 6.42 Å². The quantitative estimate of drug-likeness (QED) is 0.0264. The number of allylic oxidation sites excluding steroid dienone is 14. The summed E-state index contributed by atoms with van der Waals surface area (Å²) >= 11 is 0. The van der Waals surface area contributed by atoms with Gasteiger partial charge in [0.25, 0.3) is 0 Å². The summed E-state index contributed by atoms with van der Waals surface area (Å²) < 4.78 is 33.3. The van der Waals surface area contributed by atoms with Gasteiger partial charge in [0.15, 0.2) is 6.10 Å². The van der Waals surface area contributed by atoms with Gasteiger partial charge in [0.1, 0.15) is 6.61 Å². The van der Waals surface area contributed by atoms with E-state index in [0.717, 1.165) is 70.6 Å². The second kappa shape index (κ2) is 84.1. The summed E-state index contributed by atoms with van der Waals surface area (Å²) in [6, 6.07) is 0. The molecule has 0 saturated carbocycles. The lowest BCUT2D eigenvalue weighted by molar-refractivity contribution is -0.161. The number of phosphoric ester groups is 1. The molecule has 0 heterocycles. The smallest absolute Gasteiger partial charge is 0.462 e. The molecule has 0 aliphatic rings. The first-order chi connectivity index (χ1) is 48.8. The lowest BCUT2D eigenvalue weighted by Crippen LogP contribution is -2.29. The molecule has 0 rings (SSSR count). The Morgan fingerprint density at radius 2 is 0.556 bits per heavy atom. The van der Waals surface area contributed by atoms with Gasteiger partial charge in [-0.25, -0.2) is 4.57 Å². The second-order valence-electron chi connectivity index (χ2n) is 29.0. The first-order valence-electron chi connectivity index (χ1n) is 43.1. The molecular formula is C89H164NO8P. The van der Waals surface area contributed by atoms with Gasteiger partial charge in [-0.2, -0.15) is 0 Å². The number of esters is 2. The molecule has 2 atom stereocenters. The fourth-order valence-electron chi connectivity index (χ4n) is 12.9. The average Bonchev–Trinajstić information content (AvgIpc) is 1.35. The standard InChI is InChI=1S/C89H164NO8P/c1-3-5-7-9-11-13-15-17-19-21-23-25-27-29-31-33-35-37-39-41-43-45-47-49-51-53-55-57-59-61-63-65-67-69-71-73-75-77-79-81-88(91)95-85-87(86-97-99(93,94)96-84-83-90)98-89(92)82-80-78-76-74-72-70-68-66-64-62-60-58-56-54-52-50-48-46-44-42-40-38-36-34-32-30-28-26-24-22-20-18-16-14-12-10-8-6-4-2/h6,8,12,14,18,20-21,23-24,26,30,32,36,38,87H,3-5,7,9-11,13,15-17,19,22,25,27-29,31,33-35,37,39-86,90H2,1-2H3,(H,93,94)/b8-6-,14-12-,20-18-,23-21-,26-24-,32-30-,38-36-. The van der Waals surface area contributed by atoms with Gasteiger partial charge in [0.05, 0.1) is 13.2 Å². The minimum absolute atomic E-state index is 0.0545. The van der Waals surface area contributed by atoms with Crippen molar-refractivity contribution in [3.63, 3.8) is 0 Å². The van der Waals surface area contributed by atoms with Crippen LogP contribution < -0.4 is 5.73 Å². The van der Waals surface area contributed by atoms with Crippen molar-refractivity contribution in [3.05, 3.63) is 85.1 Å². The molecule has 0 fully saturated rings. The predicted octanol–water partition coefficient (Wildman–Crippen LogP) is 29.2. The number of carbonyl (C=O) groups is 2. The molecule has 0 saturated heterocycles. The molecule has 0 radical (unpaired) electrons. The van der Waals surface area contributed by atoms with Crippen molar-refractivity contribution >= 4 is 19.8 Å². The average molecular weight is 1410 g/mol. The van der Waals surface area contributed by atoms with E-state index >= 15 is 0 Å². The zero-order valence-electron chi connectivity index (χ0n) is 65.5. The van der Waals surface area contributed by atoms with E-state index in [1.807, 2.05) is 0 Å². The van der Waals surface area contributed by atoms with Gasteiger partial charge in [-0.1, -0.05) is 420 Å². The number of hydrogen-bond acceptors (Lipinski definition) is 8. The van der Waals surface area contributed by atoms with Crippen LogP contribution in [0.3, 0.4) is 0 Å². The van der Waals surface area contributed by atoms with Crippen molar-refractivity contribution < 1.29 is 37.6 Å². The van der Waals surface area contributed by atoms with Gasteiger partial charge in [-0.15, -0.1) is 0 Å². The predicted molar refractivity (Wildman–Crippen MR) is 432 cm³/mol. The van der Waals surface area contributed by atoms with E-state index in [1.165, 1.54) is 334 Å². The molecule has 2 unspecified atom stereocenters. The first kappa shape index (κ1) is 96.2. The van der Waals surface area contributed by atoms with Crippen LogP contribution in [0.25, 0.3) is 0 Å². The van der Waals surface area contributed by atoms with Gasteiger partial charge in [0.2, 0.25) is 0 Å². The number of carbonyl (C=O) groups excluding carboxylic acids is 2. The maximum Gasteiger partial charge on any atom is 0.472 e. The fourth-order valence-corrected chi connectivity index (χ4v) is 13.7. The highest BCUT2D eigenvalue weighted by molar-refractivity contribution is 7.47. The van der Waals surface area contributed by atoms with E-state index in [1.54, 1.807) is 0 Å². The van der Waals surface area contributed by atoms with Crippen LogP contribution in [0.1, 0.15) is 438 Å². The van der Waals surface area contributed by atoms with E-state index in [2.05, 4.69) is 98.9 Å². The SMILES string of the molecule is CC/C=C\C/C=C\C/C=C\C/C=C\C/C=C\C/C=C\CCCCCCCCCCCCCCCCCCCCCCC(=O)OC(COC(=O)CCCCCCCCCCCCCCCCCCCCCCCCCCCCC/C=C\CCCCCCCCCC)COP(=O)(O)OCCN.